The number of nitrogens with one attached hydrogen (secondary N) is 1. The zero-order valence-corrected chi connectivity index (χ0v) is 19.6. The fourth-order valence-corrected chi connectivity index (χ4v) is 3.44. The molecule has 33 heavy (non-hydrogen) atoms. The summed E-state index contributed by atoms with van der Waals surface area (Å²) in [5.74, 6) is -0.620. The second-order valence-electron chi connectivity index (χ2n) is 6.49. The number of alkyl halides is 5. The maximum Gasteiger partial charge on any atom is 0.416 e. The molecular formula is C18H13Br2F5N6O2. The predicted molar refractivity (Wildman–Crippen MR) is 111 cm³/mol. The summed E-state index contributed by atoms with van der Waals surface area (Å²) in [5, 5.41) is 6.63. The van der Waals surface area contributed by atoms with E-state index in [-0.39, 0.29) is 32.3 Å². The van der Waals surface area contributed by atoms with Gasteiger partial charge in [-0.3, -0.25) is 4.79 Å². The Hall–Kier alpha value is -2.68. The van der Waals surface area contributed by atoms with Gasteiger partial charge in [-0.05, 0) is 41.1 Å². The Kier molecular flexibility index (Phi) is 7.62. The fourth-order valence-electron chi connectivity index (χ4n) is 2.61. The molecule has 0 aliphatic rings. The summed E-state index contributed by atoms with van der Waals surface area (Å²) in [6, 6.07) is 2.01. The van der Waals surface area contributed by atoms with Gasteiger partial charge in [0.05, 0.1) is 24.0 Å². The number of rotatable bonds is 7. The van der Waals surface area contributed by atoms with Gasteiger partial charge in [0.25, 0.3) is 18.3 Å². The van der Waals surface area contributed by atoms with E-state index in [4.69, 9.17) is 4.74 Å². The molecule has 3 rings (SSSR count). The van der Waals surface area contributed by atoms with E-state index in [9.17, 15) is 26.7 Å². The second kappa shape index (κ2) is 10.1. The third kappa shape index (κ3) is 6.43. The fraction of sp³-hybridized carbons (Fsp3) is 0.278. The zero-order chi connectivity index (χ0) is 24.3. The van der Waals surface area contributed by atoms with Crippen LogP contribution < -0.4 is 10.1 Å². The Morgan fingerprint density at radius 3 is 2.45 bits per heavy atom. The molecule has 0 radical (unpaired) electrons. The minimum atomic E-state index is -4.63. The van der Waals surface area contributed by atoms with Gasteiger partial charge >= 0.3 is 6.18 Å². The van der Waals surface area contributed by atoms with Crippen molar-refractivity contribution in [3.63, 3.8) is 0 Å². The van der Waals surface area contributed by atoms with Gasteiger partial charge in [-0.1, -0.05) is 15.9 Å². The summed E-state index contributed by atoms with van der Waals surface area (Å²) in [6.45, 7) is 0.713. The van der Waals surface area contributed by atoms with Crippen molar-refractivity contribution in [1.82, 2.24) is 30.0 Å². The molecule has 1 N–H and O–H groups in total. The molecule has 0 aliphatic heterocycles. The maximum absolute atomic E-state index is 13.1. The first kappa shape index (κ1) is 25.0. The highest BCUT2D eigenvalue weighted by molar-refractivity contribution is 9.10. The Labute approximate surface area is 199 Å². The van der Waals surface area contributed by atoms with Crippen molar-refractivity contribution in [2.24, 2.45) is 0 Å². The van der Waals surface area contributed by atoms with Crippen LogP contribution in [0.15, 0.2) is 39.8 Å². The molecule has 8 nitrogen and oxygen atoms in total. The van der Waals surface area contributed by atoms with Crippen LogP contribution in [0.3, 0.4) is 0 Å². The van der Waals surface area contributed by atoms with E-state index in [0.717, 1.165) is 24.5 Å². The van der Waals surface area contributed by atoms with Gasteiger partial charge < -0.3 is 10.1 Å². The van der Waals surface area contributed by atoms with E-state index >= 15 is 0 Å². The van der Waals surface area contributed by atoms with Crippen molar-refractivity contribution in [3.8, 4) is 11.7 Å². The molecule has 1 atom stereocenters. The zero-order valence-electron chi connectivity index (χ0n) is 16.4. The van der Waals surface area contributed by atoms with Gasteiger partial charge in [0.15, 0.2) is 11.6 Å². The van der Waals surface area contributed by atoms with Gasteiger partial charge in [0.2, 0.25) is 4.73 Å². The molecule has 176 valence electrons. The summed E-state index contributed by atoms with van der Waals surface area (Å²) >= 11 is 6.08. The number of nitrogens with zero attached hydrogens (tertiary/aromatic N) is 5. The van der Waals surface area contributed by atoms with Gasteiger partial charge in [0, 0.05) is 10.0 Å². The van der Waals surface area contributed by atoms with Crippen LogP contribution in [0.5, 0.6) is 5.75 Å². The van der Waals surface area contributed by atoms with E-state index in [0.29, 0.717) is 0 Å². The molecule has 0 spiro atoms. The van der Waals surface area contributed by atoms with Crippen molar-refractivity contribution >= 4 is 37.8 Å². The van der Waals surface area contributed by atoms with Gasteiger partial charge in [-0.25, -0.2) is 23.7 Å². The monoisotopic (exact) mass is 598 g/mol. The molecule has 1 unspecified atom stereocenters. The van der Waals surface area contributed by atoms with Crippen LogP contribution in [0.25, 0.3) is 5.95 Å². The van der Waals surface area contributed by atoms with Gasteiger partial charge in [0.1, 0.15) is 6.61 Å². The molecule has 15 heteroatoms. The topological polar surface area (TPSA) is 94.8 Å². The summed E-state index contributed by atoms with van der Waals surface area (Å²) in [4.78, 5) is 24.7. The number of halogens is 7. The number of aromatic nitrogens is 5. The summed E-state index contributed by atoms with van der Waals surface area (Å²) in [6.07, 6.45) is -4.97. The third-order valence-corrected chi connectivity index (χ3v) is 4.80. The standard InChI is InChI=1S/C18H13Br2F5N6O2/c1-8(28-15(32)9-2-10(18(23,24)25)4-11(19)3-9)14-29-16(20)30-31(14)17-26-5-12(6-27-17)33-7-13(21)22/h2-6,8,13H,7H2,1H3,(H,28,32). The minimum Gasteiger partial charge on any atom is -0.484 e. The molecule has 2 heterocycles. The second-order valence-corrected chi connectivity index (χ2v) is 8.12. The van der Waals surface area contributed by atoms with Crippen LogP contribution in [-0.2, 0) is 6.18 Å². The van der Waals surface area contributed by atoms with Crippen molar-refractivity contribution in [2.75, 3.05) is 6.61 Å². The summed E-state index contributed by atoms with van der Waals surface area (Å²) in [5.41, 5.74) is -1.20. The first-order chi connectivity index (χ1) is 15.4. The van der Waals surface area contributed by atoms with Crippen molar-refractivity contribution in [1.29, 1.82) is 0 Å². The Morgan fingerprint density at radius 1 is 1.18 bits per heavy atom. The van der Waals surface area contributed by atoms with Gasteiger partial charge in [-0.15, -0.1) is 5.10 Å². The summed E-state index contributed by atoms with van der Waals surface area (Å²) < 4.78 is 69.9. The van der Waals surface area contributed by atoms with Crippen LogP contribution >= 0.6 is 31.9 Å². The van der Waals surface area contributed by atoms with Crippen LogP contribution in [0.2, 0.25) is 0 Å². The molecular weight excluding hydrogens is 587 g/mol. The Morgan fingerprint density at radius 2 is 1.85 bits per heavy atom. The highest BCUT2D eigenvalue weighted by atomic mass is 79.9. The Balaban J connectivity index is 1.81. The van der Waals surface area contributed by atoms with Crippen LogP contribution in [-0.4, -0.2) is 43.7 Å². The third-order valence-electron chi connectivity index (χ3n) is 4.01. The molecule has 3 aromatic rings. The van der Waals surface area contributed by atoms with Crippen LogP contribution in [0.1, 0.15) is 34.7 Å². The molecule has 0 saturated carbocycles. The number of carbonyl (C=O) groups is 1. The molecule has 0 saturated heterocycles. The average Bonchev–Trinajstić information content (AvgIpc) is 3.13. The Bertz CT molecular complexity index is 1140. The van der Waals surface area contributed by atoms with Crippen molar-refractivity contribution in [2.45, 2.75) is 25.6 Å². The molecule has 1 amide bonds. The molecule has 1 aromatic carbocycles. The maximum atomic E-state index is 13.1. The smallest absolute Gasteiger partial charge is 0.416 e. The number of carbonyl (C=O) groups excluding carboxylic acids is 1. The van der Waals surface area contributed by atoms with Crippen LogP contribution in [0, 0.1) is 0 Å². The van der Waals surface area contributed by atoms with Crippen molar-refractivity contribution < 1.29 is 31.5 Å². The van der Waals surface area contributed by atoms with E-state index < -0.39 is 36.7 Å². The van der Waals surface area contributed by atoms with Gasteiger partial charge in [-0.2, -0.15) is 17.9 Å². The molecule has 0 bridgehead atoms. The highest BCUT2D eigenvalue weighted by Crippen LogP contribution is 2.32. The highest BCUT2D eigenvalue weighted by Gasteiger charge is 2.32. The molecule has 2 aromatic heterocycles. The largest absolute Gasteiger partial charge is 0.484 e. The van der Waals surface area contributed by atoms with E-state index in [1.165, 1.54) is 17.7 Å². The normalized spacial score (nSPS) is 12.6. The van der Waals surface area contributed by atoms with E-state index in [2.05, 4.69) is 57.2 Å². The lowest BCUT2D eigenvalue weighted by atomic mass is 10.1. The van der Waals surface area contributed by atoms with Crippen LogP contribution in [0.4, 0.5) is 22.0 Å². The number of benzene rings is 1. The predicted octanol–water partition coefficient (Wildman–Crippen LogP) is 4.74. The first-order valence-corrected chi connectivity index (χ1v) is 10.6. The van der Waals surface area contributed by atoms with E-state index in [1.807, 2.05) is 0 Å². The average molecular weight is 600 g/mol. The lowest BCUT2D eigenvalue weighted by Crippen LogP contribution is -2.29. The van der Waals surface area contributed by atoms with Crippen molar-refractivity contribution in [3.05, 3.63) is 56.8 Å². The lowest BCUT2D eigenvalue weighted by molar-refractivity contribution is -0.137. The number of hydrogen-bond donors (Lipinski definition) is 1. The first-order valence-electron chi connectivity index (χ1n) is 8.98. The number of ether oxygens (including phenoxy) is 1. The minimum absolute atomic E-state index is 0.00416. The number of hydrogen-bond acceptors (Lipinski definition) is 6. The lowest BCUT2D eigenvalue weighted by Gasteiger charge is -2.15. The molecule has 0 fully saturated rings. The SMILES string of the molecule is CC(NC(=O)c1cc(Br)cc(C(F)(F)F)c1)c1nc(Br)nn1-c1ncc(OCC(F)F)cn1. The summed E-state index contributed by atoms with van der Waals surface area (Å²) in [7, 11) is 0. The quantitative estimate of drug-likeness (QED) is 0.395. The molecule has 0 aliphatic carbocycles. The van der Waals surface area contributed by atoms with E-state index in [1.54, 1.807) is 0 Å². The number of amides is 1.